The third kappa shape index (κ3) is 2.21. The molecule has 3 aliphatic rings. The zero-order chi connectivity index (χ0) is 12.5. The minimum absolute atomic E-state index is 0.499. The number of nitrogens with one attached hydrogen (secondary N) is 1. The average molecular weight is 252 g/mol. The Hall–Kier alpha value is -0.120. The monoisotopic (exact) mass is 252 g/mol. The van der Waals surface area contributed by atoms with E-state index in [1.807, 2.05) is 7.11 Å². The van der Waals surface area contributed by atoms with Gasteiger partial charge in [0.1, 0.15) is 0 Å². The molecule has 3 fully saturated rings. The summed E-state index contributed by atoms with van der Waals surface area (Å²) >= 11 is 0. The molecule has 3 nitrogen and oxygen atoms in total. The summed E-state index contributed by atoms with van der Waals surface area (Å²) in [5, 5.41) is 3.51. The Morgan fingerprint density at radius 3 is 2.28 bits per heavy atom. The zero-order valence-electron chi connectivity index (χ0n) is 11.9. The van der Waals surface area contributed by atoms with Gasteiger partial charge in [0.05, 0.1) is 6.10 Å². The first-order valence-corrected chi connectivity index (χ1v) is 7.81. The Morgan fingerprint density at radius 1 is 1.00 bits per heavy atom. The third-order valence-corrected chi connectivity index (χ3v) is 5.54. The van der Waals surface area contributed by atoms with Crippen molar-refractivity contribution in [3.63, 3.8) is 0 Å². The first-order chi connectivity index (χ1) is 8.83. The molecule has 1 saturated carbocycles. The van der Waals surface area contributed by atoms with Crippen LogP contribution in [0.3, 0.4) is 0 Å². The maximum absolute atomic E-state index is 5.74. The lowest BCUT2D eigenvalue weighted by atomic mass is 9.80. The van der Waals surface area contributed by atoms with Gasteiger partial charge in [-0.1, -0.05) is 6.42 Å². The van der Waals surface area contributed by atoms with Gasteiger partial charge in [-0.2, -0.15) is 0 Å². The summed E-state index contributed by atoms with van der Waals surface area (Å²) in [5.41, 5.74) is 0. The quantitative estimate of drug-likeness (QED) is 0.833. The second-order valence-corrected chi connectivity index (χ2v) is 6.42. The van der Waals surface area contributed by atoms with E-state index in [4.69, 9.17) is 4.74 Å². The molecule has 2 bridgehead atoms. The maximum atomic E-state index is 5.74. The first kappa shape index (κ1) is 12.9. The van der Waals surface area contributed by atoms with Gasteiger partial charge in [0.2, 0.25) is 0 Å². The van der Waals surface area contributed by atoms with E-state index >= 15 is 0 Å². The van der Waals surface area contributed by atoms with Crippen LogP contribution in [0.5, 0.6) is 0 Å². The van der Waals surface area contributed by atoms with Crippen molar-refractivity contribution in [2.24, 2.45) is 0 Å². The summed E-state index contributed by atoms with van der Waals surface area (Å²) in [4.78, 5) is 2.87. The van der Waals surface area contributed by atoms with Crippen molar-refractivity contribution in [1.29, 1.82) is 0 Å². The number of piperidine rings is 2. The molecular weight excluding hydrogens is 224 g/mol. The number of fused-ring (bicyclic) bond motifs is 2. The predicted molar refractivity (Wildman–Crippen MR) is 73.8 cm³/mol. The van der Waals surface area contributed by atoms with E-state index < -0.39 is 0 Å². The second-order valence-electron chi connectivity index (χ2n) is 6.42. The van der Waals surface area contributed by atoms with Gasteiger partial charge in [0.15, 0.2) is 0 Å². The van der Waals surface area contributed by atoms with E-state index in [9.17, 15) is 0 Å². The molecule has 4 atom stereocenters. The van der Waals surface area contributed by atoms with Gasteiger partial charge >= 0.3 is 0 Å². The molecule has 1 N–H and O–H groups in total. The molecule has 0 aromatic rings. The van der Waals surface area contributed by atoms with Crippen molar-refractivity contribution in [2.75, 3.05) is 14.2 Å². The molecule has 1 aliphatic carbocycles. The number of ether oxygens (including phenoxy) is 1. The Morgan fingerprint density at radius 2 is 1.67 bits per heavy atom. The lowest BCUT2D eigenvalue weighted by Gasteiger charge is -2.52. The number of nitrogens with zero attached hydrogens (tertiary/aromatic N) is 1. The van der Waals surface area contributed by atoms with Crippen LogP contribution in [0.25, 0.3) is 0 Å². The van der Waals surface area contributed by atoms with Crippen molar-refractivity contribution in [1.82, 2.24) is 10.2 Å². The molecule has 2 aliphatic heterocycles. The standard InChI is InChI=1S/C15H28N2O/c1-16-11-9-12-5-3-6-13(10-11)17(12)14-7-4-8-15(14)18-2/h11-16H,3-10H2,1-2H3. The van der Waals surface area contributed by atoms with E-state index in [1.54, 1.807) is 0 Å². The molecule has 2 heterocycles. The van der Waals surface area contributed by atoms with Crippen LogP contribution in [0.4, 0.5) is 0 Å². The van der Waals surface area contributed by atoms with Gasteiger partial charge in [0, 0.05) is 31.3 Å². The van der Waals surface area contributed by atoms with Gasteiger partial charge in [0.25, 0.3) is 0 Å². The molecule has 3 rings (SSSR count). The molecule has 0 aromatic carbocycles. The summed E-state index contributed by atoms with van der Waals surface area (Å²) in [7, 11) is 4.03. The third-order valence-electron chi connectivity index (χ3n) is 5.54. The highest BCUT2D eigenvalue weighted by Gasteiger charge is 2.44. The predicted octanol–water partition coefficient (Wildman–Crippen LogP) is 2.16. The topological polar surface area (TPSA) is 24.5 Å². The summed E-state index contributed by atoms with van der Waals surface area (Å²) in [6.07, 6.45) is 11.4. The lowest BCUT2D eigenvalue weighted by molar-refractivity contribution is -0.0547. The number of methoxy groups -OCH3 is 1. The first-order valence-electron chi connectivity index (χ1n) is 7.81. The second kappa shape index (κ2) is 5.48. The van der Waals surface area contributed by atoms with E-state index in [0.717, 1.165) is 18.1 Å². The van der Waals surface area contributed by atoms with Crippen LogP contribution in [0.1, 0.15) is 51.4 Å². The Labute approximate surface area is 111 Å². The van der Waals surface area contributed by atoms with Crippen LogP contribution in [0, 0.1) is 0 Å². The van der Waals surface area contributed by atoms with Crippen LogP contribution < -0.4 is 5.32 Å². The minimum Gasteiger partial charge on any atom is -0.380 e. The van der Waals surface area contributed by atoms with Crippen molar-refractivity contribution in [3.05, 3.63) is 0 Å². The molecule has 3 heteroatoms. The van der Waals surface area contributed by atoms with E-state index in [-0.39, 0.29) is 0 Å². The summed E-state index contributed by atoms with van der Waals surface area (Å²) < 4.78 is 5.74. The molecule has 2 saturated heterocycles. The number of hydrogen-bond acceptors (Lipinski definition) is 3. The fourth-order valence-electron chi connectivity index (χ4n) is 4.72. The number of hydrogen-bond donors (Lipinski definition) is 1. The highest BCUT2D eigenvalue weighted by molar-refractivity contribution is 5.00. The van der Waals surface area contributed by atoms with Crippen molar-refractivity contribution < 1.29 is 4.74 Å². The highest BCUT2D eigenvalue weighted by Crippen LogP contribution is 2.40. The van der Waals surface area contributed by atoms with Crippen LogP contribution >= 0.6 is 0 Å². The largest absolute Gasteiger partial charge is 0.380 e. The van der Waals surface area contributed by atoms with Crippen LogP contribution in [0.2, 0.25) is 0 Å². The zero-order valence-corrected chi connectivity index (χ0v) is 11.9. The van der Waals surface area contributed by atoms with Gasteiger partial charge in [-0.3, -0.25) is 4.90 Å². The molecule has 18 heavy (non-hydrogen) atoms. The molecule has 0 spiro atoms. The van der Waals surface area contributed by atoms with Crippen molar-refractivity contribution in [3.8, 4) is 0 Å². The molecule has 4 unspecified atom stereocenters. The van der Waals surface area contributed by atoms with Crippen LogP contribution in [-0.4, -0.2) is 49.3 Å². The van der Waals surface area contributed by atoms with Gasteiger partial charge < -0.3 is 10.1 Å². The highest BCUT2D eigenvalue weighted by atomic mass is 16.5. The summed E-state index contributed by atoms with van der Waals surface area (Å²) in [6, 6.07) is 3.09. The average Bonchev–Trinajstić information content (AvgIpc) is 2.85. The molecule has 0 aromatic heterocycles. The molecule has 0 radical (unpaired) electrons. The lowest BCUT2D eigenvalue weighted by Crippen LogP contribution is -2.60. The summed E-state index contributed by atoms with van der Waals surface area (Å²) in [5.74, 6) is 0. The number of rotatable bonds is 3. The Bertz CT molecular complexity index is 270. The smallest absolute Gasteiger partial charge is 0.0726 e. The SMILES string of the molecule is CNC1CC2CCCC(C1)N2C1CCCC1OC. The van der Waals surface area contributed by atoms with Gasteiger partial charge in [-0.15, -0.1) is 0 Å². The van der Waals surface area contributed by atoms with E-state index in [2.05, 4.69) is 17.3 Å². The van der Waals surface area contributed by atoms with Crippen molar-refractivity contribution in [2.45, 2.75) is 81.6 Å². The summed E-state index contributed by atoms with van der Waals surface area (Å²) in [6.45, 7) is 0. The van der Waals surface area contributed by atoms with E-state index in [0.29, 0.717) is 12.1 Å². The maximum Gasteiger partial charge on any atom is 0.0726 e. The van der Waals surface area contributed by atoms with Crippen LogP contribution in [0.15, 0.2) is 0 Å². The fourth-order valence-corrected chi connectivity index (χ4v) is 4.72. The normalized spacial score (nSPS) is 45.3. The van der Waals surface area contributed by atoms with Gasteiger partial charge in [-0.25, -0.2) is 0 Å². The van der Waals surface area contributed by atoms with Crippen molar-refractivity contribution >= 4 is 0 Å². The van der Waals surface area contributed by atoms with E-state index in [1.165, 1.54) is 51.4 Å². The Balaban J connectivity index is 1.75. The molecule has 0 amide bonds. The van der Waals surface area contributed by atoms with Gasteiger partial charge in [-0.05, 0) is 52.0 Å². The molecular formula is C15H28N2O. The van der Waals surface area contributed by atoms with Crippen LogP contribution in [-0.2, 0) is 4.74 Å². The molecule has 104 valence electrons. The minimum atomic E-state index is 0.499. The fraction of sp³-hybridized carbons (Fsp3) is 1.00. The Kier molecular flexibility index (Phi) is 3.92.